The number of pyridine rings is 1. The van der Waals surface area contributed by atoms with Crippen molar-refractivity contribution in [2.45, 2.75) is 57.8 Å². The first-order valence-corrected chi connectivity index (χ1v) is 8.98. The monoisotopic (exact) mass is 311 g/mol. The summed E-state index contributed by atoms with van der Waals surface area (Å²) in [6.07, 6.45) is 11.4. The van der Waals surface area contributed by atoms with Gasteiger partial charge in [-0.05, 0) is 61.3 Å². The maximum atomic E-state index is 13.3. The number of aromatic nitrogens is 1. The van der Waals surface area contributed by atoms with Crippen LogP contribution in [0, 0.1) is 11.7 Å². The van der Waals surface area contributed by atoms with Gasteiger partial charge < -0.3 is 0 Å². The molecule has 1 aromatic heterocycles. The van der Waals surface area contributed by atoms with Gasteiger partial charge in [-0.3, -0.25) is 4.98 Å². The van der Waals surface area contributed by atoms with Crippen LogP contribution >= 0.6 is 0 Å². The highest BCUT2D eigenvalue weighted by Gasteiger charge is 2.22. The molecule has 1 aliphatic carbocycles. The second-order valence-electron chi connectivity index (χ2n) is 6.85. The maximum absolute atomic E-state index is 13.3. The molecule has 0 N–H and O–H groups in total. The van der Waals surface area contributed by atoms with Gasteiger partial charge in [-0.2, -0.15) is 0 Å². The van der Waals surface area contributed by atoms with Gasteiger partial charge in [0.15, 0.2) is 0 Å². The summed E-state index contributed by atoms with van der Waals surface area (Å²) in [6, 6.07) is 10.9. The third kappa shape index (κ3) is 4.19. The van der Waals surface area contributed by atoms with Gasteiger partial charge in [0.25, 0.3) is 0 Å². The second-order valence-corrected chi connectivity index (χ2v) is 6.85. The number of hydrogen-bond donors (Lipinski definition) is 0. The molecule has 2 aromatic rings. The summed E-state index contributed by atoms with van der Waals surface area (Å²) in [7, 11) is 0. The number of rotatable bonds is 5. The number of halogens is 1. The molecule has 0 unspecified atom stereocenters. The van der Waals surface area contributed by atoms with E-state index >= 15 is 0 Å². The van der Waals surface area contributed by atoms with Crippen LogP contribution in [0.25, 0.3) is 11.3 Å². The highest BCUT2D eigenvalue weighted by Crippen LogP contribution is 2.37. The van der Waals surface area contributed by atoms with Crippen LogP contribution in [0.1, 0.15) is 63.4 Å². The molecular weight excluding hydrogens is 285 g/mol. The van der Waals surface area contributed by atoms with Gasteiger partial charge in [0, 0.05) is 11.8 Å². The highest BCUT2D eigenvalue weighted by molar-refractivity contribution is 5.59. The zero-order valence-corrected chi connectivity index (χ0v) is 14.0. The van der Waals surface area contributed by atoms with Crippen molar-refractivity contribution in [1.29, 1.82) is 0 Å². The summed E-state index contributed by atoms with van der Waals surface area (Å²) in [4.78, 5) is 4.57. The summed E-state index contributed by atoms with van der Waals surface area (Å²) >= 11 is 0. The lowest BCUT2D eigenvalue weighted by Gasteiger charge is -2.28. The Labute approximate surface area is 139 Å². The van der Waals surface area contributed by atoms with Gasteiger partial charge in [0.1, 0.15) is 5.82 Å². The standard InChI is InChI=1S/C21H26FN/c1-2-3-5-16-8-10-17(11-9-16)19-12-13-21(23-15-19)18-6-4-7-20(22)14-18/h4,6-7,12-17H,2-3,5,8-11H2,1H3. The van der Waals surface area contributed by atoms with Crippen LogP contribution in [0.2, 0.25) is 0 Å². The van der Waals surface area contributed by atoms with Crippen molar-refractivity contribution in [3.63, 3.8) is 0 Å². The number of hydrogen-bond acceptors (Lipinski definition) is 1. The third-order valence-corrected chi connectivity index (χ3v) is 5.19. The van der Waals surface area contributed by atoms with Crippen molar-refractivity contribution in [3.05, 3.63) is 54.0 Å². The molecule has 0 aliphatic heterocycles. The molecule has 0 bridgehead atoms. The normalized spacial score (nSPS) is 21.3. The fourth-order valence-electron chi connectivity index (χ4n) is 3.74. The van der Waals surface area contributed by atoms with Gasteiger partial charge in [0.2, 0.25) is 0 Å². The van der Waals surface area contributed by atoms with E-state index in [1.165, 1.54) is 56.6 Å². The Kier molecular flexibility index (Phi) is 5.43. The maximum Gasteiger partial charge on any atom is 0.123 e. The molecule has 0 saturated heterocycles. The van der Waals surface area contributed by atoms with Crippen LogP contribution in [0.15, 0.2) is 42.6 Å². The average Bonchev–Trinajstić information content (AvgIpc) is 2.61. The molecule has 3 rings (SSSR count). The average molecular weight is 311 g/mol. The number of nitrogens with zero attached hydrogens (tertiary/aromatic N) is 1. The minimum absolute atomic E-state index is 0.209. The van der Waals surface area contributed by atoms with Crippen molar-refractivity contribution in [2.24, 2.45) is 5.92 Å². The minimum Gasteiger partial charge on any atom is -0.256 e. The quantitative estimate of drug-likeness (QED) is 0.626. The van der Waals surface area contributed by atoms with Crippen LogP contribution in [-0.4, -0.2) is 4.98 Å². The van der Waals surface area contributed by atoms with Crippen molar-refractivity contribution in [1.82, 2.24) is 4.98 Å². The van der Waals surface area contributed by atoms with Crippen molar-refractivity contribution < 1.29 is 4.39 Å². The largest absolute Gasteiger partial charge is 0.256 e. The van der Waals surface area contributed by atoms with Crippen LogP contribution in [0.5, 0.6) is 0 Å². The Morgan fingerprint density at radius 2 is 1.91 bits per heavy atom. The Hall–Kier alpha value is -1.70. The van der Waals surface area contributed by atoms with E-state index in [-0.39, 0.29) is 5.82 Å². The molecule has 23 heavy (non-hydrogen) atoms. The van der Waals surface area contributed by atoms with Crippen LogP contribution in [-0.2, 0) is 0 Å². The minimum atomic E-state index is -0.209. The molecule has 1 nitrogen and oxygen atoms in total. The first-order chi connectivity index (χ1) is 11.3. The van der Waals surface area contributed by atoms with E-state index < -0.39 is 0 Å². The molecule has 1 fully saturated rings. The molecule has 0 amide bonds. The van der Waals surface area contributed by atoms with Gasteiger partial charge in [0.05, 0.1) is 5.69 Å². The van der Waals surface area contributed by atoms with E-state index in [0.29, 0.717) is 5.92 Å². The summed E-state index contributed by atoms with van der Waals surface area (Å²) in [5, 5.41) is 0. The lowest BCUT2D eigenvalue weighted by Crippen LogP contribution is -2.13. The Bertz CT molecular complexity index is 612. The van der Waals surface area contributed by atoms with E-state index in [9.17, 15) is 4.39 Å². The highest BCUT2D eigenvalue weighted by atomic mass is 19.1. The molecular formula is C21H26FN. The summed E-state index contributed by atoms with van der Waals surface area (Å²) < 4.78 is 13.3. The Morgan fingerprint density at radius 1 is 1.09 bits per heavy atom. The summed E-state index contributed by atoms with van der Waals surface area (Å²) in [6.45, 7) is 2.28. The van der Waals surface area contributed by atoms with Gasteiger partial charge in [-0.15, -0.1) is 0 Å². The molecule has 1 aromatic carbocycles. The third-order valence-electron chi connectivity index (χ3n) is 5.19. The van der Waals surface area contributed by atoms with Crippen LogP contribution in [0.4, 0.5) is 4.39 Å². The first-order valence-electron chi connectivity index (χ1n) is 8.98. The van der Waals surface area contributed by atoms with Crippen molar-refractivity contribution in [2.75, 3.05) is 0 Å². The molecule has 1 saturated carbocycles. The van der Waals surface area contributed by atoms with Crippen LogP contribution in [0.3, 0.4) is 0 Å². The number of unbranched alkanes of at least 4 members (excludes halogenated alkanes) is 1. The van der Waals surface area contributed by atoms with E-state index in [0.717, 1.165) is 17.2 Å². The lowest BCUT2D eigenvalue weighted by molar-refractivity contribution is 0.304. The summed E-state index contributed by atoms with van der Waals surface area (Å²) in [5.74, 6) is 1.38. The molecule has 0 radical (unpaired) electrons. The second kappa shape index (κ2) is 7.72. The first kappa shape index (κ1) is 16.2. The molecule has 0 spiro atoms. The van der Waals surface area contributed by atoms with E-state index in [2.05, 4.69) is 18.0 Å². The zero-order chi connectivity index (χ0) is 16.1. The van der Waals surface area contributed by atoms with Crippen LogP contribution < -0.4 is 0 Å². The fourth-order valence-corrected chi connectivity index (χ4v) is 3.74. The smallest absolute Gasteiger partial charge is 0.123 e. The predicted octanol–water partition coefficient (Wildman–Crippen LogP) is 6.35. The van der Waals surface area contributed by atoms with Crippen molar-refractivity contribution in [3.8, 4) is 11.3 Å². The predicted molar refractivity (Wildman–Crippen MR) is 93.9 cm³/mol. The zero-order valence-electron chi connectivity index (χ0n) is 14.0. The number of benzene rings is 1. The van der Waals surface area contributed by atoms with E-state index in [1.54, 1.807) is 12.1 Å². The Morgan fingerprint density at radius 3 is 2.57 bits per heavy atom. The SMILES string of the molecule is CCCCC1CCC(c2ccc(-c3cccc(F)c3)nc2)CC1. The van der Waals surface area contributed by atoms with Gasteiger partial charge in [-0.1, -0.05) is 44.4 Å². The van der Waals surface area contributed by atoms with Gasteiger partial charge in [-0.25, -0.2) is 4.39 Å². The lowest BCUT2D eigenvalue weighted by atomic mass is 9.77. The molecule has 122 valence electrons. The van der Waals surface area contributed by atoms with E-state index in [1.807, 2.05) is 18.3 Å². The molecule has 0 atom stereocenters. The van der Waals surface area contributed by atoms with E-state index in [4.69, 9.17) is 0 Å². The Balaban J connectivity index is 1.62. The van der Waals surface area contributed by atoms with Gasteiger partial charge >= 0.3 is 0 Å². The molecule has 1 aliphatic rings. The molecule has 2 heteroatoms. The fraction of sp³-hybridized carbons (Fsp3) is 0.476. The topological polar surface area (TPSA) is 12.9 Å². The summed E-state index contributed by atoms with van der Waals surface area (Å²) in [5.41, 5.74) is 3.05. The van der Waals surface area contributed by atoms with Crippen molar-refractivity contribution >= 4 is 0 Å². The molecule has 1 heterocycles.